The fourth-order valence-corrected chi connectivity index (χ4v) is 3.23. The third kappa shape index (κ3) is 3.08. The van der Waals surface area contributed by atoms with Crippen LogP contribution in [0.15, 0.2) is 54.6 Å². The van der Waals surface area contributed by atoms with Gasteiger partial charge in [0.1, 0.15) is 6.10 Å². The second-order valence-corrected chi connectivity index (χ2v) is 6.09. The van der Waals surface area contributed by atoms with Gasteiger partial charge < -0.3 is 15.4 Å². The fraction of sp³-hybridized carbons (Fsp3) is 0.316. The number of rotatable bonds is 2. The highest BCUT2D eigenvalue weighted by Gasteiger charge is 2.37. The van der Waals surface area contributed by atoms with Crippen LogP contribution in [0, 0.1) is 0 Å². The smallest absolute Gasteiger partial charge is 0.254 e. The number of carbonyl (C=O) groups excluding carboxylic acids is 1. The minimum absolute atomic E-state index is 0.00142. The molecule has 4 nitrogen and oxygen atoms in total. The number of amides is 1. The van der Waals surface area contributed by atoms with Gasteiger partial charge in [0.15, 0.2) is 0 Å². The summed E-state index contributed by atoms with van der Waals surface area (Å²) in [5.41, 5.74) is 8.14. The second-order valence-electron chi connectivity index (χ2n) is 6.09. The zero-order valence-electron chi connectivity index (χ0n) is 13.5. The highest BCUT2D eigenvalue weighted by atomic mass is 16.5. The lowest BCUT2D eigenvalue weighted by Gasteiger charge is -2.44. The number of nitrogen functional groups attached to an aromatic ring is 1. The van der Waals surface area contributed by atoms with E-state index in [1.165, 1.54) is 0 Å². The van der Waals surface area contributed by atoms with Crippen LogP contribution in [-0.4, -0.2) is 29.5 Å². The van der Waals surface area contributed by atoms with Gasteiger partial charge in [0.2, 0.25) is 0 Å². The minimum Gasteiger partial charge on any atom is -0.399 e. The lowest BCUT2D eigenvalue weighted by Crippen LogP contribution is -2.53. The highest BCUT2D eigenvalue weighted by molar-refractivity contribution is 5.95. The Hall–Kier alpha value is -2.33. The van der Waals surface area contributed by atoms with Crippen molar-refractivity contribution in [1.29, 1.82) is 0 Å². The number of anilines is 1. The third-order valence-corrected chi connectivity index (χ3v) is 4.36. The summed E-state index contributed by atoms with van der Waals surface area (Å²) in [5, 5.41) is 0. The molecule has 1 fully saturated rings. The van der Waals surface area contributed by atoms with Gasteiger partial charge in [-0.25, -0.2) is 0 Å². The molecule has 1 heterocycles. The summed E-state index contributed by atoms with van der Waals surface area (Å²) < 4.78 is 6.01. The molecule has 1 saturated heterocycles. The van der Waals surface area contributed by atoms with E-state index < -0.39 is 0 Å². The average Bonchev–Trinajstić information content (AvgIpc) is 2.55. The number of hydrogen-bond donors (Lipinski definition) is 1. The first kappa shape index (κ1) is 15.6. The maximum atomic E-state index is 13.0. The molecular formula is C19H22N2O2. The summed E-state index contributed by atoms with van der Waals surface area (Å²) >= 11 is 0. The van der Waals surface area contributed by atoms with E-state index in [0.29, 0.717) is 17.9 Å². The van der Waals surface area contributed by atoms with Crippen LogP contribution in [0.3, 0.4) is 0 Å². The Bertz CT molecular complexity index is 687. The van der Waals surface area contributed by atoms with E-state index in [1.807, 2.05) is 61.2 Å². The lowest BCUT2D eigenvalue weighted by atomic mass is 9.97. The van der Waals surface area contributed by atoms with E-state index in [4.69, 9.17) is 10.5 Å². The van der Waals surface area contributed by atoms with E-state index in [9.17, 15) is 4.79 Å². The normalized spacial score (nSPS) is 24.4. The zero-order valence-corrected chi connectivity index (χ0v) is 13.5. The number of morpholine rings is 1. The first-order valence-electron chi connectivity index (χ1n) is 7.92. The van der Waals surface area contributed by atoms with Crippen molar-refractivity contribution in [3.05, 3.63) is 65.7 Å². The molecular weight excluding hydrogens is 288 g/mol. The Morgan fingerprint density at radius 3 is 2.57 bits per heavy atom. The third-order valence-electron chi connectivity index (χ3n) is 4.36. The van der Waals surface area contributed by atoms with Gasteiger partial charge in [-0.2, -0.15) is 0 Å². The van der Waals surface area contributed by atoms with Gasteiger partial charge in [0.25, 0.3) is 5.91 Å². The zero-order chi connectivity index (χ0) is 16.4. The van der Waals surface area contributed by atoms with E-state index in [1.54, 1.807) is 12.1 Å². The number of nitrogens with two attached hydrogens (primary N) is 1. The SMILES string of the molecule is CC1COC(c2ccccc2)C(C)N1C(=O)c1cccc(N)c1. The number of carbonyl (C=O) groups is 1. The van der Waals surface area contributed by atoms with Crippen molar-refractivity contribution in [2.45, 2.75) is 32.0 Å². The van der Waals surface area contributed by atoms with Crippen LogP contribution in [0.2, 0.25) is 0 Å². The molecule has 3 atom stereocenters. The molecule has 2 aromatic carbocycles. The molecule has 4 heteroatoms. The maximum absolute atomic E-state index is 13.0. The molecule has 0 aromatic heterocycles. The molecule has 23 heavy (non-hydrogen) atoms. The summed E-state index contributed by atoms with van der Waals surface area (Å²) in [5.74, 6) is 0.00142. The van der Waals surface area contributed by atoms with E-state index in [2.05, 4.69) is 0 Å². The van der Waals surface area contributed by atoms with Gasteiger partial charge in [-0.05, 0) is 37.6 Å². The molecule has 3 unspecified atom stereocenters. The largest absolute Gasteiger partial charge is 0.399 e. The quantitative estimate of drug-likeness (QED) is 0.866. The van der Waals surface area contributed by atoms with Gasteiger partial charge in [0, 0.05) is 11.3 Å². The molecule has 1 aliphatic rings. The van der Waals surface area contributed by atoms with Crippen molar-refractivity contribution in [1.82, 2.24) is 4.90 Å². The molecule has 0 bridgehead atoms. The van der Waals surface area contributed by atoms with Crippen LogP contribution in [0.4, 0.5) is 5.69 Å². The molecule has 1 amide bonds. The molecule has 1 aliphatic heterocycles. The Balaban J connectivity index is 1.89. The summed E-state index contributed by atoms with van der Waals surface area (Å²) in [7, 11) is 0. The number of nitrogens with zero attached hydrogens (tertiary/aromatic N) is 1. The number of benzene rings is 2. The van der Waals surface area contributed by atoms with Crippen molar-refractivity contribution >= 4 is 11.6 Å². The molecule has 0 saturated carbocycles. The van der Waals surface area contributed by atoms with Crippen molar-refractivity contribution in [2.75, 3.05) is 12.3 Å². The summed E-state index contributed by atoms with van der Waals surface area (Å²) in [6.45, 7) is 4.58. The number of ether oxygens (including phenoxy) is 1. The molecule has 2 N–H and O–H groups in total. The predicted octanol–water partition coefficient (Wildman–Crippen LogP) is 3.26. The van der Waals surface area contributed by atoms with Crippen molar-refractivity contribution in [2.24, 2.45) is 0 Å². The monoisotopic (exact) mass is 310 g/mol. The molecule has 3 rings (SSSR count). The van der Waals surface area contributed by atoms with E-state index >= 15 is 0 Å². The first-order chi connectivity index (χ1) is 11.1. The summed E-state index contributed by atoms with van der Waals surface area (Å²) in [6.07, 6.45) is -0.114. The Morgan fingerprint density at radius 1 is 1.13 bits per heavy atom. The standard InChI is InChI=1S/C19H22N2O2/c1-13-12-23-18(15-7-4-3-5-8-15)14(2)21(13)19(22)16-9-6-10-17(20)11-16/h3-11,13-14,18H,12,20H2,1-2H3. The van der Waals surface area contributed by atoms with Crippen LogP contribution < -0.4 is 5.73 Å². The summed E-state index contributed by atoms with van der Waals surface area (Å²) in [4.78, 5) is 14.9. The molecule has 0 aliphatic carbocycles. The van der Waals surface area contributed by atoms with Crippen LogP contribution >= 0.6 is 0 Å². The maximum Gasteiger partial charge on any atom is 0.254 e. The fourth-order valence-electron chi connectivity index (χ4n) is 3.23. The summed E-state index contributed by atoms with van der Waals surface area (Å²) in [6, 6.07) is 17.2. The van der Waals surface area contributed by atoms with Crippen molar-refractivity contribution < 1.29 is 9.53 Å². The molecule has 0 spiro atoms. The average molecular weight is 310 g/mol. The number of hydrogen-bond acceptors (Lipinski definition) is 3. The van der Waals surface area contributed by atoms with Crippen LogP contribution in [0.5, 0.6) is 0 Å². The topological polar surface area (TPSA) is 55.6 Å². The Labute approximate surface area is 136 Å². The van der Waals surface area contributed by atoms with Gasteiger partial charge in [0.05, 0.1) is 18.7 Å². The van der Waals surface area contributed by atoms with Gasteiger partial charge in [-0.3, -0.25) is 4.79 Å². The van der Waals surface area contributed by atoms with Gasteiger partial charge in [-0.1, -0.05) is 36.4 Å². The molecule has 120 valence electrons. The second kappa shape index (κ2) is 6.42. The molecule has 2 aromatic rings. The minimum atomic E-state index is -0.114. The van der Waals surface area contributed by atoms with Gasteiger partial charge >= 0.3 is 0 Å². The predicted molar refractivity (Wildman–Crippen MR) is 91.1 cm³/mol. The van der Waals surface area contributed by atoms with E-state index in [0.717, 1.165) is 5.56 Å². The Morgan fingerprint density at radius 2 is 1.87 bits per heavy atom. The van der Waals surface area contributed by atoms with Crippen LogP contribution in [-0.2, 0) is 4.74 Å². The van der Waals surface area contributed by atoms with E-state index in [-0.39, 0.29) is 24.1 Å². The highest BCUT2D eigenvalue weighted by Crippen LogP contribution is 2.32. The van der Waals surface area contributed by atoms with Crippen LogP contribution in [0.25, 0.3) is 0 Å². The van der Waals surface area contributed by atoms with Crippen LogP contribution in [0.1, 0.15) is 35.9 Å². The van der Waals surface area contributed by atoms with Crippen molar-refractivity contribution in [3.63, 3.8) is 0 Å². The molecule has 0 radical (unpaired) electrons. The Kier molecular flexibility index (Phi) is 4.35. The first-order valence-corrected chi connectivity index (χ1v) is 7.92. The lowest BCUT2D eigenvalue weighted by molar-refractivity contribution is -0.0806. The van der Waals surface area contributed by atoms with Gasteiger partial charge in [-0.15, -0.1) is 0 Å². The van der Waals surface area contributed by atoms with Crippen molar-refractivity contribution in [3.8, 4) is 0 Å².